The van der Waals surface area contributed by atoms with Gasteiger partial charge in [0, 0.05) is 43.4 Å². The van der Waals surface area contributed by atoms with E-state index in [9.17, 15) is 32.8 Å². The number of piperidine rings is 1. The maximum Gasteiger partial charge on any atom is 0.416 e. The van der Waals surface area contributed by atoms with Crippen molar-refractivity contribution in [1.82, 2.24) is 20.0 Å². The summed E-state index contributed by atoms with van der Waals surface area (Å²) in [4.78, 5) is 45.6. The molecule has 244 valence electrons. The number of hydrogen-bond donors (Lipinski definition) is 1. The summed E-state index contributed by atoms with van der Waals surface area (Å²) in [6, 6.07) is 4.43. The van der Waals surface area contributed by atoms with Crippen molar-refractivity contribution in [3.05, 3.63) is 46.6 Å². The smallest absolute Gasteiger partial charge is 0.383 e. The Morgan fingerprint density at radius 2 is 1.91 bits per heavy atom. The molecule has 1 N–H and O–H groups in total. The second kappa shape index (κ2) is 11.7. The number of carbonyl (C=O) groups is 3. The first kappa shape index (κ1) is 30.7. The first-order chi connectivity index (χ1) is 22.1. The van der Waals surface area contributed by atoms with E-state index in [1.165, 1.54) is 18.1 Å². The molecule has 3 amide bonds. The minimum absolute atomic E-state index is 0.0355. The molecule has 0 bridgehead atoms. The number of anilines is 1. The number of alkyl halides is 3. The van der Waals surface area contributed by atoms with Crippen LogP contribution >= 0.6 is 0 Å². The van der Waals surface area contributed by atoms with Crippen LogP contribution in [-0.2, 0) is 20.4 Å². The van der Waals surface area contributed by atoms with Gasteiger partial charge >= 0.3 is 6.18 Å². The second-order valence-corrected chi connectivity index (χ2v) is 12.9. The number of likely N-dealkylation sites (tertiary alicyclic amines) is 1. The van der Waals surface area contributed by atoms with E-state index in [0.29, 0.717) is 43.9 Å². The highest BCUT2D eigenvalue weighted by molar-refractivity contribution is 6.07. The van der Waals surface area contributed by atoms with Crippen LogP contribution in [0.5, 0.6) is 0 Å². The van der Waals surface area contributed by atoms with E-state index in [2.05, 4.69) is 11.4 Å². The molecule has 14 heteroatoms. The Morgan fingerprint density at radius 3 is 2.59 bits per heavy atom. The highest BCUT2D eigenvalue weighted by Crippen LogP contribution is 2.53. The van der Waals surface area contributed by atoms with Crippen molar-refractivity contribution in [1.29, 1.82) is 5.26 Å². The molecule has 0 radical (unpaired) electrons. The average molecular weight is 641 g/mol. The molecule has 2 aliphatic carbocycles. The summed E-state index contributed by atoms with van der Waals surface area (Å²) in [7, 11) is 1.50. The first-order valence-corrected chi connectivity index (χ1v) is 15.8. The topological polar surface area (TPSA) is 130 Å². The van der Waals surface area contributed by atoms with Crippen LogP contribution in [-0.4, -0.2) is 84.0 Å². The molecular formula is C32H35F3N6O5. The summed E-state index contributed by atoms with van der Waals surface area (Å²) in [6.07, 6.45) is -0.485. The Morgan fingerprint density at radius 1 is 1.15 bits per heavy atom. The van der Waals surface area contributed by atoms with Crippen LogP contribution in [0.15, 0.2) is 24.3 Å². The number of hydrogen-bond acceptors (Lipinski definition) is 7. The van der Waals surface area contributed by atoms with E-state index >= 15 is 0 Å². The number of nitrogens with one attached hydrogen (secondary N) is 1. The minimum Gasteiger partial charge on any atom is -0.383 e. The van der Waals surface area contributed by atoms with Gasteiger partial charge < -0.3 is 19.7 Å². The van der Waals surface area contributed by atoms with Crippen LogP contribution in [0.3, 0.4) is 0 Å². The van der Waals surface area contributed by atoms with Gasteiger partial charge in [-0.25, -0.2) is 4.68 Å². The summed E-state index contributed by atoms with van der Waals surface area (Å²) >= 11 is 0. The van der Waals surface area contributed by atoms with Gasteiger partial charge in [-0.3, -0.25) is 19.3 Å². The van der Waals surface area contributed by atoms with Gasteiger partial charge in [0.15, 0.2) is 5.69 Å². The van der Waals surface area contributed by atoms with Crippen molar-refractivity contribution in [2.24, 2.45) is 11.8 Å². The maximum atomic E-state index is 14.4. The van der Waals surface area contributed by atoms with Gasteiger partial charge in [-0.1, -0.05) is 6.07 Å². The van der Waals surface area contributed by atoms with Gasteiger partial charge in [-0.2, -0.15) is 23.5 Å². The van der Waals surface area contributed by atoms with Gasteiger partial charge in [0.2, 0.25) is 0 Å². The van der Waals surface area contributed by atoms with Crippen molar-refractivity contribution in [3.63, 3.8) is 0 Å². The summed E-state index contributed by atoms with van der Waals surface area (Å²) in [5.41, 5.74) is -0.488. The van der Waals surface area contributed by atoms with Crippen molar-refractivity contribution in [3.8, 4) is 6.07 Å². The van der Waals surface area contributed by atoms with Gasteiger partial charge in [0.25, 0.3) is 17.7 Å². The summed E-state index contributed by atoms with van der Waals surface area (Å²) in [5, 5.41) is 17.6. The Hall–Kier alpha value is -3.96. The standard InChI is InChI=1S/C32H35F3N6O5/c1-45-12-9-39-29-25(24(17-5-6-17)26(30(39)43)37-28(42)18-3-2-4-20(13-18)32(33,34)35)27(38-41(29)21-7-10-46-11-8-21)31(44)40-22(16-36)14-19-15-23(19)40/h2-4,13,17,19,21-24,26H,5-12,14-15H2,1H3,(H,37,42)/t19-,22-,23+,24-,26-/m0/s1. The highest BCUT2D eigenvalue weighted by Gasteiger charge is 2.57. The van der Waals surface area contributed by atoms with E-state index in [0.717, 1.165) is 37.5 Å². The number of rotatable bonds is 8. The molecule has 46 heavy (non-hydrogen) atoms. The molecule has 1 aromatic carbocycles. The molecular weight excluding hydrogens is 605 g/mol. The number of carbonyl (C=O) groups excluding carboxylic acids is 3. The molecule has 4 fully saturated rings. The fraction of sp³-hybridized carbons (Fsp3) is 0.594. The molecule has 2 aromatic rings. The fourth-order valence-corrected chi connectivity index (χ4v) is 7.51. The molecule has 3 aliphatic heterocycles. The van der Waals surface area contributed by atoms with Gasteiger partial charge in [-0.05, 0) is 68.6 Å². The number of nitrogens with zero attached hydrogens (tertiary/aromatic N) is 5. The molecule has 4 heterocycles. The SMILES string of the molecule is COCCN1C(=O)[C@@H](NC(=O)c2cccc(C(F)(F)F)c2)[C@@H](C2CC2)c2c(C(=O)N3[C@H](C#N)C[C@H]4C[C@H]43)nn(C3CCOCC3)c21. The Labute approximate surface area is 263 Å². The zero-order valence-corrected chi connectivity index (χ0v) is 25.3. The molecule has 2 saturated heterocycles. The van der Waals surface area contributed by atoms with Crippen LogP contribution < -0.4 is 10.2 Å². The van der Waals surface area contributed by atoms with E-state index in [1.807, 2.05) is 0 Å². The first-order valence-electron chi connectivity index (χ1n) is 15.8. The third-order valence-corrected chi connectivity index (χ3v) is 10.0. The highest BCUT2D eigenvalue weighted by atomic mass is 19.4. The molecule has 2 saturated carbocycles. The van der Waals surface area contributed by atoms with Gasteiger partial charge in [0.05, 0.1) is 30.8 Å². The number of aromatic nitrogens is 2. The molecule has 5 atom stereocenters. The second-order valence-electron chi connectivity index (χ2n) is 12.9. The number of amides is 3. The van der Waals surface area contributed by atoms with Crippen LogP contribution in [0, 0.1) is 23.2 Å². The number of ether oxygens (including phenoxy) is 2. The number of halogens is 3. The zero-order chi connectivity index (χ0) is 32.3. The number of nitriles is 1. The summed E-state index contributed by atoms with van der Waals surface area (Å²) < 4.78 is 53.1. The average Bonchev–Trinajstić information content (AvgIpc) is 3.97. The number of methoxy groups -OCH3 is 1. The van der Waals surface area contributed by atoms with Crippen LogP contribution in [0.2, 0.25) is 0 Å². The largest absolute Gasteiger partial charge is 0.416 e. The number of benzene rings is 1. The lowest BCUT2D eigenvalue weighted by molar-refractivity contribution is -0.137. The predicted molar refractivity (Wildman–Crippen MR) is 156 cm³/mol. The molecule has 1 aromatic heterocycles. The summed E-state index contributed by atoms with van der Waals surface area (Å²) in [6.45, 7) is 1.24. The monoisotopic (exact) mass is 640 g/mol. The Bertz CT molecular complexity index is 1590. The van der Waals surface area contributed by atoms with E-state index in [-0.39, 0.29) is 54.2 Å². The Kier molecular flexibility index (Phi) is 7.79. The summed E-state index contributed by atoms with van der Waals surface area (Å²) in [5.74, 6) is -1.56. The lowest BCUT2D eigenvalue weighted by Crippen LogP contribution is -2.56. The van der Waals surface area contributed by atoms with Crippen LogP contribution in [0.1, 0.15) is 82.5 Å². The predicted octanol–water partition coefficient (Wildman–Crippen LogP) is 3.67. The fourth-order valence-electron chi connectivity index (χ4n) is 7.51. The van der Waals surface area contributed by atoms with E-state index in [1.54, 1.807) is 9.58 Å². The van der Waals surface area contributed by atoms with Crippen molar-refractivity contribution in [2.45, 2.75) is 74.8 Å². The minimum atomic E-state index is -4.65. The number of fused-ring (bicyclic) bond motifs is 2. The van der Waals surface area contributed by atoms with Crippen molar-refractivity contribution in [2.75, 3.05) is 38.4 Å². The normalized spacial score (nSPS) is 27.6. The van der Waals surface area contributed by atoms with Crippen LogP contribution in [0.25, 0.3) is 0 Å². The van der Waals surface area contributed by atoms with Crippen molar-refractivity contribution < 1.29 is 37.0 Å². The molecule has 7 rings (SSSR count). The molecule has 0 spiro atoms. The Balaban J connectivity index is 1.34. The molecule has 5 aliphatic rings. The lowest BCUT2D eigenvalue weighted by Gasteiger charge is -2.40. The zero-order valence-electron chi connectivity index (χ0n) is 25.3. The van der Waals surface area contributed by atoms with Crippen LogP contribution in [0.4, 0.5) is 19.0 Å². The third kappa shape index (κ3) is 5.33. The molecule has 11 nitrogen and oxygen atoms in total. The van der Waals surface area contributed by atoms with E-state index in [4.69, 9.17) is 14.6 Å². The lowest BCUT2D eigenvalue weighted by atomic mass is 9.82. The van der Waals surface area contributed by atoms with Crippen molar-refractivity contribution >= 4 is 23.5 Å². The van der Waals surface area contributed by atoms with Gasteiger partial charge in [-0.15, -0.1) is 0 Å². The van der Waals surface area contributed by atoms with Gasteiger partial charge in [0.1, 0.15) is 17.9 Å². The third-order valence-electron chi connectivity index (χ3n) is 10.0. The molecule has 0 unspecified atom stereocenters. The van der Waals surface area contributed by atoms with E-state index < -0.39 is 41.6 Å². The maximum absolute atomic E-state index is 14.4. The quantitative estimate of drug-likeness (QED) is 0.466.